The molecule has 0 amide bonds. The summed E-state index contributed by atoms with van der Waals surface area (Å²) in [6.45, 7) is 0. The van der Waals surface area contributed by atoms with Crippen LogP contribution in [0.25, 0.3) is 0 Å². The molecule has 1 aromatic rings. The summed E-state index contributed by atoms with van der Waals surface area (Å²) in [4.78, 5) is 14.9. The van der Waals surface area contributed by atoms with Gasteiger partial charge in [0, 0.05) is 11.4 Å². The molecule has 64 valence electrons. The number of carbonyl (C=O) groups is 1. The van der Waals surface area contributed by atoms with Gasteiger partial charge in [0.1, 0.15) is 0 Å². The normalized spacial score (nSPS) is 9.42. The van der Waals surface area contributed by atoms with Gasteiger partial charge in [-0.3, -0.25) is 0 Å². The van der Waals surface area contributed by atoms with Gasteiger partial charge in [-0.1, -0.05) is 0 Å². The van der Waals surface area contributed by atoms with Crippen LogP contribution in [0, 0.1) is 0 Å². The molecular formula is C7H9N3O2. The van der Waals surface area contributed by atoms with Gasteiger partial charge in [0.25, 0.3) is 0 Å². The van der Waals surface area contributed by atoms with E-state index in [0.29, 0.717) is 11.4 Å². The predicted molar refractivity (Wildman–Crippen MR) is 44.9 cm³/mol. The lowest BCUT2D eigenvalue weighted by molar-refractivity contribution is 0.0505. The zero-order chi connectivity index (χ0) is 9.14. The summed E-state index contributed by atoms with van der Waals surface area (Å²) in [5, 5.41) is 0. The Bertz CT molecular complexity index is 312. The third kappa shape index (κ3) is 1.46. The van der Waals surface area contributed by atoms with Gasteiger partial charge in [-0.15, -0.1) is 0 Å². The molecule has 0 atom stereocenters. The molecule has 0 unspecified atom stereocenters. The van der Waals surface area contributed by atoms with Crippen molar-refractivity contribution in [3.8, 4) is 0 Å². The minimum Gasteiger partial charge on any atom is -0.399 e. The monoisotopic (exact) mass is 167 g/mol. The summed E-state index contributed by atoms with van der Waals surface area (Å²) in [5.74, 6) is 3.98. The van der Waals surface area contributed by atoms with Gasteiger partial charge in [0.15, 0.2) is 0 Å². The molecule has 1 aromatic carbocycles. The van der Waals surface area contributed by atoms with Crippen LogP contribution >= 0.6 is 0 Å². The van der Waals surface area contributed by atoms with E-state index in [9.17, 15) is 4.79 Å². The average Bonchev–Trinajstić information content (AvgIpc) is 2.08. The maximum atomic E-state index is 10.9. The first kappa shape index (κ1) is 8.35. The fourth-order valence-corrected chi connectivity index (χ4v) is 0.814. The molecule has 0 saturated carbocycles. The van der Waals surface area contributed by atoms with Crippen molar-refractivity contribution in [1.82, 2.24) is 0 Å². The maximum absolute atomic E-state index is 10.9. The zero-order valence-electron chi connectivity index (χ0n) is 6.28. The number of hydrogen-bond acceptors (Lipinski definition) is 5. The Kier molecular flexibility index (Phi) is 2.16. The largest absolute Gasteiger partial charge is 0.399 e. The van der Waals surface area contributed by atoms with E-state index in [-0.39, 0.29) is 5.56 Å². The van der Waals surface area contributed by atoms with Crippen LogP contribution in [-0.4, -0.2) is 5.97 Å². The molecule has 0 spiro atoms. The second-order valence-corrected chi connectivity index (χ2v) is 2.25. The van der Waals surface area contributed by atoms with Gasteiger partial charge in [0.05, 0.1) is 5.56 Å². The molecule has 0 heterocycles. The van der Waals surface area contributed by atoms with Crippen LogP contribution < -0.4 is 17.4 Å². The summed E-state index contributed by atoms with van der Waals surface area (Å²) in [6.07, 6.45) is 0. The topological polar surface area (TPSA) is 104 Å². The van der Waals surface area contributed by atoms with E-state index in [1.54, 1.807) is 6.07 Å². The van der Waals surface area contributed by atoms with E-state index in [0.717, 1.165) is 0 Å². The molecule has 1 rings (SSSR count). The van der Waals surface area contributed by atoms with Crippen molar-refractivity contribution >= 4 is 17.3 Å². The molecular weight excluding hydrogens is 158 g/mol. The highest BCUT2D eigenvalue weighted by atomic mass is 16.7. The van der Waals surface area contributed by atoms with Gasteiger partial charge in [-0.05, 0) is 18.2 Å². The van der Waals surface area contributed by atoms with Crippen LogP contribution in [0.5, 0.6) is 0 Å². The number of carbonyl (C=O) groups excluding carboxylic acids is 1. The zero-order valence-corrected chi connectivity index (χ0v) is 6.28. The molecule has 6 N–H and O–H groups in total. The summed E-state index contributed by atoms with van der Waals surface area (Å²) in [5.41, 5.74) is 11.8. The minimum absolute atomic E-state index is 0.178. The Balaban J connectivity index is 3.13. The second kappa shape index (κ2) is 3.10. The first-order chi connectivity index (χ1) is 5.65. The molecule has 0 bridgehead atoms. The summed E-state index contributed by atoms with van der Waals surface area (Å²) < 4.78 is 0. The highest BCUT2D eigenvalue weighted by Crippen LogP contribution is 2.15. The van der Waals surface area contributed by atoms with Crippen LogP contribution in [-0.2, 0) is 4.84 Å². The van der Waals surface area contributed by atoms with Crippen molar-refractivity contribution in [3.05, 3.63) is 23.8 Å². The van der Waals surface area contributed by atoms with Crippen molar-refractivity contribution < 1.29 is 9.63 Å². The first-order valence-electron chi connectivity index (χ1n) is 3.21. The third-order valence-corrected chi connectivity index (χ3v) is 1.40. The van der Waals surface area contributed by atoms with E-state index in [4.69, 9.17) is 11.5 Å². The molecule has 0 saturated heterocycles. The van der Waals surface area contributed by atoms with Gasteiger partial charge in [-0.25, -0.2) is 4.79 Å². The van der Waals surface area contributed by atoms with E-state index in [1.165, 1.54) is 12.1 Å². The number of nitrogen functional groups attached to an aromatic ring is 2. The standard InChI is InChI=1S/C7H9N3O2/c8-4-1-2-6(9)5(3-4)7(11)12-10/h1-3H,8-10H2. The fourth-order valence-electron chi connectivity index (χ4n) is 0.814. The average molecular weight is 167 g/mol. The molecule has 0 aliphatic carbocycles. The molecule has 5 heteroatoms. The Morgan fingerprint density at radius 1 is 1.33 bits per heavy atom. The van der Waals surface area contributed by atoms with Gasteiger partial charge in [-0.2, -0.15) is 5.90 Å². The number of benzene rings is 1. The van der Waals surface area contributed by atoms with Crippen molar-refractivity contribution in [2.75, 3.05) is 11.5 Å². The number of rotatable bonds is 1. The maximum Gasteiger partial charge on any atom is 0.358 e. The Morgan fingerprint density at radius 3 is 2.58 bits per heavy atom. The third-order valence-electron chi connectivity index (χ3n) is 1.40. The highest BCUT2D eigenvalue weighted by Gasteiger charge is 2.09. The summed E-state index contributed by atoms with van der Waals surface area (Å²) >= 11 is 0. The van der Waals surface area contributed by atoms with Crippen LogP contribution in [0.1, 0.15) is 10.4 Å². The van der Waals surface area contributed by atoms with E-state index in [2.05, 4.69) is 10.7 Å². The Morgan fingerprint density at radius 2 is 2.00 bits per heavy atom. The number of anilines is 2. The molecule has 0 radical (unpaired) electrons. The fraction of sp³-hybridized carbons (Fsp3) is 0. The molecule has 12 heavy (non-hydrogen) atoms. The first-order valence-corrected chi connectivity index (χ1v) is 3.21. The quantitative estimate of drug-likeness (QED) is 0.399. The Hall–Kier alpha value is -1.75. The number of nitrogens with two attached hydrogens (primary N) is 3. The highest BCUT2D eigenvalue weighted by molar-refractivity contribution is 5.95. The van der Waals surface area contributed by atoms with Gasteiger partial charge >= 0.3 is 5.97 Å². The Labute approximate surface area is 69.0 Å². The molecule has 0 aliphatic heterocycles. The van der Waals surface area contributed by atoms with E-state index >= 15 is 0 Å². The van der Waals surface area contributed by atoms with Crippen molar-refractivity contribution in [2.45, 2.75) is 0 Å². The minimum atomic E-state index is -0.695. The number of hydrogen-bond donors (Lipinski definition) is 3. The van der Waals surface area contributed by atoms with Gasteiger partial charge in [0.2, 0.25) is 0 Å². The predicted octanol–water partition coefficient (Wildman–Crippen LogP) is -0.119. The van der Waals surface area contributed by atoms with Crippen molar-refractivity contribution in [3.63, 3.8) is 0 Å². The SMILES string of the molecule is NOC(=O)c1cc(N)ccc1N. The van der Waals surface area contributed by atoms with Crippen molar-refractivity contribution in [2.24, 2.45) is 5.90 Å². The van der Waals surface area contributed by atoms with E-state index in [1.807, 2.05) is 0 Å². The van der Waals surface area contributed by atoms with Crippen LogP contribution in [0.2, 0.25) is 0 Å². The summed E-state index contributed by atoms with van der Waals surface area (Å²) in [7, 11) is 0. The van der Waals surface area contributed by atoms with Crippen LogP contribution in [0.15, 0.2) is 18.2 Å². The lowest BCUT2D eigenvalue weighted by atomic mass is 10.1. The van der Waals surface area contributed by atoms with E-state index < -0.39 is 5.97 Å². The summed E-state index contributed by atoms with van der Waals surface area (Å²) in [6, 6.07) is 4.51. The van der Waals surface area contributed by atoms with Crippen LogP contribution in [0.4, 0.5) is 11.4 Å². The molecule has 0 aliphatic rings. The molecule has 0 fully saturated rings. The molecule has 5 nitrogen and oxygen atoms in total. The smallest absolute Gasteiger partial charge is 0.358 e. The lowest BCUT2D eigenvalue weighted by Gasteiger charge is -2.02. The molecule has 0 aromatic heterocycles. The lowest BCUT2D eigenvalue weighted by Crippen LogP contribution is -2.12. The second-order valence-electron chi connectivity index (χ2n) is 2.25. The van der Waals surface area contributed by atoms with Crippen molar-refractivity contribution in [1.29, 1.82) is 0 Å². The van der Waals surface area contributed by atoms with Crippen LogP contribution in [0.3, 0.4) is 0 Å². The van der Waals surface area contributed by atoms with Gasteiger partial charge < -0.3 is 16.3 Å².